The standard InChI is InChI=1S/C31H28BrN3O7/c1-3-40-29-16-23(15-26(32)30(29)42-20-22-9-12-25(13-10-22)35(37)38)18-33-34-31(36)24-11-14-27(28(17-24)39-2)41-19-21-7-5-4-6-8-21/h4-18H,3,19-20H2,1-2H3,(H,34,36)/b33-18+. The maximum Gasteiger partial charge on any atom is 0.271 e. The van der Waals surface area contributed by atoms with Gasteiger partial charge in [0.2, 0.25) is 0 Å². The van der Waals surface area contributed by atoms with Gasteiger partial charge in [-0.25, -0.2) is 5.43 Å². The number of rotatable bonds is 13. The van der Waals surface area contributed by atoms with Gasteiger partial charge in [-0.05, 0) is 82.0 Å². The lowest BCUT2D eigenvalue weighted by molar-refractivity contribution is -0.384. The third-order valence-electron chi connectivity index (χ3n) is 5.90. The number of nitro benzene ring substituents is 1. The Morgan fingerprint density at radius 3 is 2.31 bits per heavy atom. The zero-order chi connectivity index (χ0) is 29.9. The number of benzene rings is 4. The third-order valence-corrected chi connectivity index (χ3v) is 6.49. The number of non-ortho nitro benzene ring substituents is 1. The molecule has 0 saturated carbocycles. The molecule has 1 amide bonds. The Morgan fingerprint density at radius 1 is 0.905 bits per heavy atom. The number of hydrazone groups is 1. The van der Waals surface area contributed by atoms with Crippen LogP contribution in [-0.4, -0.2) is 30.8 Å². The van der Waals surface area contributed by atoms with Crippen molar-refractivity contribution < 1.29 is 28.7 Å². The van der Waals surface area contributed by atoms with Crippen LogP contribution in [0, 0.1) is 10.1 Å². The molecule has 4 aromatic rings. The number of carbonyl (C=O) groups is 1. The molecule has 0 aromatic heterocycles. The van der Waals surface area contributed by atoms with E-state index in [2.05, 4.69) is 26.5 Å². The van der Waals surface area contributed by atoms with Gasteiger partial charge in [-0.3, -0.25) is 14.9 Å². The third kappa shape index (κ3) is 8.07. The molecule has 0 heterocycles. The van der Waals surface area contributed by atoms with E-state index in [1.54, 1.807) is 42.5 Å². The fourth-order valence-electron chi connectivity index (χ4n) is 3.83. The summed E-state index contributed by atoms with van der Waals surface area (Å²) in [7, 11) is 1.51. The summed E-state index contributed by atoms with van der Waals surface area (Å²) in [5, 5.41) is 15.0. The maximum absolute atomic E-state index is 12.7. The molecular formula is C31H28BrN3O7. The molecule has 1 N–H and O–H groups in total. The number of amides is 1. The van der Waals surface area contributed by atoms with E-state index in [9.17, 15) is 14.9 Å². The number of hydrogen-bond acceptors (Lipinski definition) is 8. The van der Waals surface area contributed by atoms with Gasteiger partial charge >= 0.3 is 0 Å². The highest BCUT2D eigenvalue weighted by Crippen LogP contribution is 2.37. The molecular weight excluding hydrogens is 606 g/mol. The smallest absolute Gasteiger partial charge is 0.271 e. The fourth-order valence-corrected chi connectivity index (χ4v) is 4.40. The van der Waals surface area contributed by atoms with Crippen molar-refractivity contribution in [3.8, 4) is 23.0 Å². The van der Waals surface area contributed by atoms with E-state index in [1.807, 2.05) is 37.3 Å². The van der Waals surface area contributed by atoms with Gasteiger partial charge in [0.25, 0.3) is 11.6 Å². The molecule has 0 fully saturated rings. The number of ether oxygens (including phenoxy) is 4. The van der Waals surface area contributed by atoms with Crippen LogP contribution in [0.5, 0.6) is 23.0 Å². The molecule has 0 atom stereocenters. The largest absolute Gasteiger partial charge is 0.493 e. The second kappa shape index (κ2) is 14.6. The molecule has 0 unspecified atom stereocenters. The highest BCUT2D eigenvalue weighted by Gasteiger charge is 2.14. The Hall–Kier alpha value is -4.90. The second-order valence-corrected chi connectivity index (χ2v) is 9.67. The van der Waals surface area contributed by atoms with E-state index in [4.69, 9.17) is 18.9 Å². The molecule has 11 heteroatoms. The molecule has 0 radical (unpaired) electrons. The molecule has 0 saturated heterocycles. The highest BCUT2D eigenvalue weighted by atomic mass is 79.9. The molecule has 10 nitrogen and oxygen atoms in total. The average molecular weight is 634 g/mol. The Bertz CT molecular complexity index is 1560. The summed E-state index contributed by atoms with van der Waals surface area (Å²) in [4.78, 5) is 23.2. The van der Waals surface area contributed by atoms with Gasteiger partial charge in [0.15, 0.2) is 23.0 Å². The van der Waals surface area contributed by atoms with E-state index in [-0.39, 0.29) is 12.3 Å². The molecule has 4 rings (SSSR count). The van der Waals surface area contributed by atoms with Gasteiger partial charge in [0.05, 0.1) is 29.3 Å². The predicted molar refractivity (Wildman–Crippen MR) is 162 cm³/mol. The van der Waals surface area contributed by atoms with Crippen molar-refractivity contribution in [1.82, 2.24) is 5.43 Å². The first-order chi connectivity index (χ1) is 20.4. The van der Waals surface area contributed by atoms with Gasteiger partial charge in [-0.2, -0.15) is 5.10 Å². The lowest BCUT2D eigenvalue weighted by atomic mass is 10.2. The van der Waals surface area contributed by atoms with Crippen LogP contribution < -0.4 is 24.4 Å². The molecule has 42 heavy (non-hydrogen) atoms. The Labute approximate surface area is 251 Å². The molecule has 0 spiro atoms. The minimum atomic E-state index is -0.452. The van der Waals surface area contributed by atoms with Gasteiger partial charge in [-0.15, -0.1) is 0 Å². The van der Waals surface area contributed by atoms with Crippen LogP contribution in [0.25, 0.3) is 0 Å². The van der Waals surface area contributed by atoms with Crippen LogP contribution in [-0.2, 0) is 13.2 Å². The average Bonchev–Trinajstić information content (AvgIpc) is 3.00. The number of hydrogen-bond donors (Lipinski definition) is 1. The number of nitro groups is 1. The fraction of sp³-hybridized carbons (Fsp3) is 0.161. The Morgan fingerprint density at radius 2 is 1.62 bits per heavy atom. The van der Waals surface area contributed by atoms with Gasteiger partial charge in [0, 0.05) is 17.7 Å². The molecule has 0 aliphatic carbocycles. The van der Waals surface area contributed by atoms with Crippen molar-refractivity contribution in [3.05, 3.63) is 122 Å². The second-order valence-electron chi connectivity index (χ2n) is 8.81. The molecule has 0 aliphatic rings. The van der Waals surface area contributed by atoms with Crippen LogP contribution in [0.15, 0.2) is 94.5 Å². The van der Waals surface area contributed by atoms with Crippen molar-refractivity contribution in [2.45, 2.75) is 20.1 Å². The number of nitrogens with one attached hydrogen (secondary N) is 1. The van der Waals surface area contributed by atoms with Crippen molar-refractivity contribution in [2.75, 3.05) is 13.7 Å². The molecule has 0 bridgehead atoms. The van der Waals surface area contributed by atoms with E-state index in [0.717, 1.165) is 11.1 Å². The number of carbonyl (C=O) groups excluding carboxylic acids is 1. The van der Waals surface area contributed by atoms with Gasteiger partial charge in [-0.1, -0.05) is 30.3 Å². The SMILES string of the molecule is CCOc1cc(/C=N/NC(=O)c2ccc(OCc3ccccc3)c(OC)c2)cc(Br)c1OCc1ccc([N+](=O)[O-])cc1. The summed E-state index contributed by atoms with van der Waals surface area (Å²) in [5.74, 6) is 1.46. The van der Waals surface area contributed by atoms with Crippen LogP contribution in [0.2, 0.25) is 0 Å². The summed E-state index contributed by atoms with van der Waals surface area (Å²) in [6, 6.07) is 24.3. The monoisotopic (exact) mass is 633 g/mol. The molecule has 0 aliphatic heterocycles. The number of methoxy groups -OCH3 is 1. The molecule has 216 valence electrons. The van der Waals surface area contributed by atoms with E-state index < -0.39 is 10.8 Å². The van der Waals surface area contributed by atoms with Gasteiger partial charge < -0.3 is 18.9 Å². The Kier molecular flexibility index (Phi) is 10.5. The topological polar surface area (TPSA) is 122 Å². The maximum atomic E-state index is 12.7. The summed E-state index contributed by atoms with van der Waals surface area (Å²) < 4.78 is 23.6. The Balaban J connectivity index is 1.40. The van der Waals surface area contributed by atoms with Crippen molar-refractivity contribution in [3.63, 3.8) is 0 Å². The number of nitrogens with zero attached hydrogens (tertiary/aromatic N) is 2. The first-order valence-electron chi connectivity index (χ1n) is 12.9. The lowest BCUT2D eigenvalue weighted by Crippen LogP contribution is -2.17. The first kappa shape index (κ1) is 30.1. The zero-order valence-electron chi connectivity index (χ0n) is 22.9. The predicted octanol–water partition coefficient (Wildman–Crippen LogP) is 6.69. The van der Waals surface area contributed by atoms with Crippen molar-refractivity contribution in [2.24, 2.45) is 5.10 Å². The normalized spacial score (nSPS) is 10.7. The summed E-state index contributed by atoms with van der Waals surface area (Å²) >= 11 is 3.51. The first-order valence-corrected chi connectivity index (χ1v) is 13.7. The van der Waals surface area contributed by atoms with E-state index in [0.29, 0.717) is 51.8 Å². The van der Waals surface area contributed by atoms with Crippen molar-refractivity contribution >= 4 is 33.7 Å². The van der Waals surface area contributed by atoms with Crippen LogP contribution in [0.4, 0.5) is 5.69 Å². The van der Waals surface area contributed by atoms with Crippen LogP contribution in [0.3, 0.4) is 0 Å². The van der Waals surface area contributed by atoms with Gasteiger partial charge in [0.1, 0.15) is 13.2 Å². The summed E-state index contributed by atoms with van der Waals surface area (Å²) in [6.07, 6.45) is 1.49. The van der Waals surface area contributed by atoms with Crippen LogP contribution in [0.1, 0.15) is 34.0 Å². The van der Waals surface area contributed by atoms with E-state index >= 15 is 0 Å². The lowest BCUT2D eigenvalue weighted by Gasteiger charge is -2.14. The quantitative estimate of drug-likeness (QED) is 0.0989. The van der Waals surface area contributed by atoms with Crippen molar-refractivity contribution in [1.29, 1.82) is 0 Å². The van der Waals surface area contributed by atoms with Crippen LogP contribution >= 0.6 is 15.9 Å². The minimum Gasteiger partial charge on any atom is -0.493 e. The number of halogens is 1. The summed E-state index contributed by atoms with van der Waals surface area (Å²) in [6.45, 7) is 2.79. The minimum absolute atomic E-state index is 0.00896. The zero-order valence-corrected chi connectivity index (χ0v) is 24.5. The van der Waals surface area contributed by atoms with E-state index in [1.165, 1.54) is 25.5 Å². The molecule has 4 aromatic carbocycles. The summed E-state index contributed by atoms with van der Waals surface area (Å²) in [5.41, 5.74) is 5.30. The highest BCUT2D eigenvalue weighted by molar-refractivity contribution is 9.10.